The Morgan fingerprint density at radius 1 is 1.35 bits per heavy atom. The molecule has 0 spiro atoms. The summed E-state index contributed by atoms with van der Waals surface area (Å²) < 4.78 is 1.90. The van der Waals surface area contributed by atoms with Crippen molar-refractivity contribution in [2.45, 2.75) is 31.8 Å². The first-order chi connectivity index (χ1) is 9.70. The summed E-state index contributed by atoms with van der Waals surface area (Å²) >= 11 is 5.94. The van der Waals surface area contributed by atoms with Crippen molar-refractivity contribution in [1.82, 2.24) is 9.78 Å². The average molecular weight is 292 g/mol. The number of aliphatic hydroxyl groups excluding tert-OH is 1. The summed E-state index contributed by atoms with van der Waals surface area (Å²) in [4.78, 5) is 0. The Morgan fingerprint density at radius 2 is 2.10 bits per heavy atom. The molecular weight excluding hydrogens is 274 g/mol. The van der Waals surface area contributed by atoms with Gasteiger partial charge in [-0.3, -0.25) is 4.68 Å². The van der Waals surface area contributed by atoms with Gasteiger partial charge in [-0.1, -0.05) is 23.7 Å². The molecule has 106 valence electrons. The molecule has 1 atom stereocenters. The van der Waals surface area contributed by atoms with Gasteiger partial charge < -0.3 is 10.8 Å². The van der Waals surface area contributed by atoms with Gasteiger partial charge in [0.2, 0.25) is 0 Å². The van der Waals surface area contributed by atoms with E-state index in [2.05, 4.69) is 5.10 Å². The molecule has 20 heavy (non-hydrogen) atoms. The van der Waals surface area contributed by atoms with Crippen LogP contribution in [0.5, 0.6) is 0 Å². The minimum Gasteiger partial charge on any atom is -0.394 e. The normalized spacial score (nSPS) is 18.1. The van der Waals surface area contributed by atoms with Crippen molar-refractivity contribution in [3.8, 4) is 11.3 Å². The van der Waals surface area contributed by atoms with E-state index in [1.54, 1.807) is 0 Å². The monoisotopic (exact) mass is 291 g/mol. The van der Waals surface area contributed by atoms with Gasteiger partial charge in [-0.05, 0) is 31.4 Å². The number of benzene rings is 1. The van der Waals surface area contributed by atoms with E-state index in [9.17, 15) is 5.11 Å². The number of nitrogens with zero attached hydrogens (tertiary/aromatic N) is 2. The minimum absolute atomic E-state index is 0.0249. The van der Waals surface area contributed by atoms with E-state index in [0.717, 1.165) is 36.1 Å². The molecule has 0 fully saturated rings. The molecule has 0 bridgehead atoms. The lowest BCUT2D eigenvalue weighted by atomic mass is 9.89. The third-order valence-electron chi connectivity index (χ3n) is 3.83. The van der Waals surface area contributed by atoms with Gasteiger partial charge in [0.1, 0.15) is 0 Å². The van der Waals surface area contributed by atoms with Gasteiger partial charge in [-0.25, -0.2) is 0 Å². The lowest BCUT2D eigenvalue weighted by molar-refractivity contribution is 0.266. The third-order valence-corrected chi connectivity index (χ3v) is 4.08. The molecule has 1 unspecified atom stereocenters. The molecule has 1 heterocycles. The molecule has 0 amide bonds. The highest BCUT2D eigenvalue weighted by atomic mass is 35.5. The number of aliphatic hydroxyl groups is 1. The molecule has 3 rings (SSSR count). The number of aromatic nitrogens is 2. The zero-order valence-electron chi connectivity index (χ0n) is 11.2. The van der Waals surface area contributed by atoms with Gasteiger partial charge in [-0.2, -0.15) is 5.10 Å². The third kappa shape index (κ3) is 2.35. The number of hydrogen-bond donors (Lipinski definition) is 2. The summed E-state index contributed by atoms with van der Waals surface area (Å²) in [7, 11) is 0. The van der Waals surface area contributed by atoms with Crippen LogP contribution in [0.2, 0.25) is 5.02 Å². The first-order valence-electron chi connectivity index (χ1n) is 6.92. The molecule has 1 aromatic heterocycles. The van der Waals surface area contributed by atoms with E-state index < -0.39 is 0 Å². The van der Waals surface area contributed by atoms with Gasteiger partial charge in [0.05, 0.1) is 18.8 Å². The second-order valence-corrected chi connectivity index (χ2v) is 5.60. The van der Waals surface area contributed by atoms with Gasteiger partial charge >= 0.3 is 0 Å². The van der Waals surface area contributed by atoms with Crippen LogP contribution in [-0.4, -0.2) is 21.5 Å². The smallest absolute Gasteiger partial charge is 0.0973 e. The number of rotatable bonds is 3. The Bertz CT molecular complexity index is 606. The Kier molecular flexibility index (Phi) is 3.78. The highest BCUT2D eigenvalue weighted by Gasteiger charge is 2.26. The molecule has 1 aliphatic carbocycles. The first-order valence-corrected chi connectivity index (χ1v) is 7.30. The van der Waals surface area contributed by atoms with Crippen LogP contribution in [0.3, 0.4) is 0 Å². The quantitative estimate of drug-likeness (QED) is 0.913. The largest absolute Gasteiger partial charge is 0.394 e. The number of fused-ring (bicyclic) bond motifs is 1. The second-order valence-electron chi connectivity index (χ2n) is 5.16. The average Bonchev–Trinajstić information content (AvgIpc) is 2.81. The fraction of sp³-hybridized carbons (Fsp3) is 0.400. The molecule has 0 radical (unpaired) electrons. The van der Waals surface area contributed by atoms with Crippen molar-refractivity contribution < 1.29 is 5.11 Å². The molecular formula is C15H18ClN3O. The molecule has 2 aromatic rings. The number of hydrogen-bond acceptors (Lipinski definition) is 3. The first kappa shape index (κ1) is 13.6. The van der Waals surface area contributed by atoms with E-state index in [1.165, 1.54) is 5.69 Å². The van der Waals surface area contributed by atoms with E-state index in [1.807, 2.05) is 28.9 Å². The lowest BCUT2D eigenvalue weighted by Gasteiger charge is -2.20. The SMILES string of the molecule is NC1CCCc2c1c(-c1ccc(Cl)cc1)nn2CCO. The van der Waals surface area contributed by atoms with Gasteiger partial charge in [0, 0.05) is 27.9 Å². The fourth-order valence-corrected chi connectivity index (χ4v) is 3.02. The topological polar surface area (TPSA) is 64.1 Å². The van der Waals surface area contributed by atoms with Crippen molar-refractivity contribution >= 4 is 11.6 Å². The van der Waals surface area contributed by atoms with Crippen molar-refractivity contribution in [1.29, 1.82) is 0 Å². The van der Waals surface area contributed by atoms with E-state index in [-0.39, 0.29) is 12.6 Å². The van der Waals surface area contributed by atoms with Crippen LogP contribution in [0, 0.1) is 0 Å². The predicted molar refractivity (Wildman–Crippen MR) is 79.6 cm³/mol. The Labute approximate surface area is 123 Å². The summed E-state index contributed by atoms with van der Waals surface area (Å²) in [6.07, 6.45) is 3.04. The van der Waals surface area contributed by atoms with E-state index >= 15 is 0 Å². The molecule has 5 heteroatoms. The summed E-state index contributed by atoms with van der Waals surface area (Å²) in [5.74, 6) is 0. The summed E-state index contributed by atoms with van der Waals surface area (Å²) in [6, 6.07) is 7.69. The maximum Gasteiger partial charge on any atom is 0.0973 e. The summed E-state index contributed by atoms with van der Waals surface area (Å²) in [6.45, 7) is 0.603. The highest BCUT2D eigenvalue weighted by Crippen LogP contribution is 2.36. The second kappa shape index (κ2) is 5.56. The van der Waals surface area contributed by atoms with Crippen LogP contribution in [0.15, 0.2) is 24.3 Å². The highest BCUT2D eigenvalue weighted by molar-refractivity contribution is 6.30. The van der Waals surface area contributed by atoms with Crippen LogP contribution in [0.1, 0.15) is 30.1 Å². The van der Waals surface area contributed by atoms with E-state index in [4.69, 9.17) is 17.3 Å². The molecule has 0 saturated carbocycles. The Hall–Kier alpha value is -1.36. The van der Waals surface area contributed by atoms with Crippen molar-refractivity contribution in [2.75, 3.05) is 6.61 Å². The fourth-order valence-electron chi connectivity index (χ4n) is 2.90. The zero-order valence-corrected chi connectivity index (χ0v) is 12.0. The molecule has 1 aliphatic rings. The summed E-state index contributed by atoms with van der Waals surface area (Å²) in [5.41, 5.74) is 10.5. The predicted octanol–water partition coefficient (Wildman–Crippen LogP) is 2.53. The molecule has 1 aromatic carbocycles. The molecule has 4 nitrogen and oxygen atoms in total. The van der Waals surface area contributed by atoms with Crippen LogP contribution in [0.4, 0.5) is 0 Å². The molecule has 0 aliphatic heterocycles. The van der Waals surface area contributed by atoms with Crippen LogP contribution >= 0.6 is 11.6 Å². The molecule has 3 N–H and O–H groups in total. The zero-order chi connectivity index (χ0) is 14.1. The standard InChI is InChI=1S/C15H18ClN3O/c16-11-6-4-10(5-7-11)15-14-12(17)2-1-3-13(14)19(18-15)8-9-20/h4-7,12,20H,1-3,8-9,17H2. The number of nitrogens with two attached hydrogens (primary N) is 1. The Morgan fingerprint density at radius 3 is 2.80 bits per heavy atom. The minimum atomic E-state index is 0.0249. The van der Waals surface area contributed by atoms with E-state index in [0.29, 0.717) is 11.6 Å². The van der Waals surface area contributed by atoms with Gasteiger partial charge in [0.25, 0.3) is 0 Å². The van der Waals surface area contributed by atoms with Crippen molar-refractivity contribution in [3.63, 3.8) is 0 Å². The number of halogens is 1. The van der Waals surface area contributed by atoms with Crippen molar-refractivity contribution in [3.05, 3.63) is 40.5 Å². The lowest BCUT2D eigenvalue weighted by Crippen LogP contribution is -2.19. The maximum absolute atomic E-state index is 9.19. The van der Waals surface area contributed by atoms with Crippen molar-refractivity contribution in [2.24, 2.45) is 5.73 Å². The molecule has 0 saturated heterocycles. The Balaban J connectivity index is 2.12. The van der Waals surface area contributed by atoms with Crippen LogP contribution in [-0.2, 0) is 13.0 Å². The van der Waals surface area contributed by atoms with Crippen LogP contribution in [0.25, 0.3) is 11.3 Å². The van der Waals surface area contributed by atoms with Crippen LogP contribution < -0.4 is 5.73 Å². The summed E-state index contributed by atoms with van der Waals surface area (Å²) in [5, 5.41) is 14.6. The maximum atomic E-state index is 9.19. The van der Waals surface area contributed by atoms with Gasteiger partial charge in [-0.15, -0.1) is 0 Å². The van der Waals surface area contributed by atoms with Gasteiger partial charge in [0.15, 0.2) is 0 Å².